The predicted molar refractivity (Wildman–Crippen MR) is 85.3 cm³/mol. The summed E-state index contributed by atoms with van der Waals surface area (Å²) in [4.78, 5) is 52.6. The van der Waals surface area contributed by atoms with Crippen molar-refractivity contribution in [2.75, 3.05) is 26.7 Å². The van der Waals surface area contributed by atoms with Crippen LogP contribution in [-0.4, -0.2) is 84.0 Å². The summed E-state index contributed by atoms with van der Waals surface area (Å²) in [6, 6.07) is -0.713. The first-order valence-corrected chi connectivity index (χ1v) is 7.33. The Morgan fingerprint density at radius 2 is 1.00 bits per heavy atom. The lowest BCUT2D eigenvalue weighted by molar-refractivity contribution is -0.775. The van der Waals surface area contributed by atoms with Crippen LogP contribution in [0.15, 0.2) is 0 Å². The molecule has 1 atom stereocenters. The van der Waals surface area contributed by atoms with Crippen LogP contribution in [0.4, 0.5) is 0 Å². The van der Waals surface area contributed by atoms with E-state index >= 15 is 0 Å². The Balaban J connectivity index is 0.000000769. The molecule has 0 aromatic heterocycles. The highest BCUT2D eigenvalue weighted by Gasteiger charge is 2.39. The third-order valence-electron chi connectivity index (χ3n) is 3.23. The molecule has 0 amide bonds. The number of nitrogens with two attached hydrogens (primary N) is 1. The molecule has 1 heterocycles. The van der Waals surface area contributed by atoms with E-state index in [1.54, 1.807) is 13.8 Å². The van der Waals surface area contributed by atoms with Crippen LogP contribution in [-0.2, 0) is 4.79 Å². The number of nitro groups is 4. The number of rotatable bonds is 6. The summed E-state index contributed by atoms with van der Waals surface area (Å²) in [7, 11) is 0. The van der Waals surface area contributed by atoms with Crippen LogP contribution in [0.1, 0.15) is 13.8 Å². The van der Waals surface area contributed by atoms with E-state index in [9.17, 15) is 45.3 Å². The van der Waals surface area contributed by atoms with E-state index in [4.69, 9.17) is 10.8 Å². The van der Waals surface area contributed by atoms with Crippen molar-refractivity contribution < 1.29 is 30.0 Å². The molecule has 0 bridgehead atoms. The smallest absolute Gasteiger partial charge is 0.320 e. The summed E-state index contributed by atoms with van der Waals surface area (Å²) in [5.74, 6) is -0.910. The first kappa shape index (κ1) is 24.2. The SMILES string of the molecule is CC(C)[C@H](N)C(=O)O.O=[N+]([O-])N1CN([N+](=O)[O-])CN([N+](=O)[O-])CN([N+](=O)[O-])C1. The van der Waals surface area contributed by atoms with Crippen molar-refractivity contribution in [1.82, 2.24) is 20.0 Å². The van der Waals surface area contributed by atoms with Crippen LogP contribution in [0, 0.1) is 46.4 Å². The summed E-state index contributed by atoms with van der Waals surface area (Å²) < 4.78 is 0. The van der Waals surface area contributed by atoms with Crippen molar-refractivity contribution in [1.29, 1.82) is 0 Å². The summed E-state index contributed by atoms with van der Waals surface area (Å²) in [5.41, 5.74) is 5.16. The van der Waals surface area contributed by atoms with Crippen LogP contribution in [0.2, 0.25) is 0 Å². The fourth-order valence-corrected chi connectivity index (χ4v) is 1.63. The van der Waals surface area contributed by atoms with Crippen LogP contribution in [0.5, 0.6) is 0 Å². The molecule has 1 fully saturated rings. The average Bonchev–Trinajstić information content (AvgIpc) is 2.53. The average molecular weight is 413 g/mol. The molecule has 160 valence electrons. The molecule has 28 heavy (non-hydrogen) atoms. The first-order valence-electron chi connectivity index (χ1n) is 7.33. The molecule has 3 N–H and O–H groups in total. The Morgan fingerprint density at radius 1 is 0.786 bits per heavy atom. The molecule has 1 saturated heterocycles. The Bertz CT molecular complexity index is 527. The summed E-state index contributed by atoms with van der Waals surface area (Å²) >= 11 is 0. The standard InChI is InChI=1S/C5H11NO2.C4H8N8O8/c1-3(2)4(6)5(7)8;13-9(14)5-1-6(10(15)16)3-8(12(19)20)4-7(2-5)11(17)18/h3-4H,6H2,1-2H3,(H,7,8);1-4H2/t4-;/m0./s1. The second-order valence-corrected chi connectivity index (χ2v) is 5.65. The quantitative estimate of drug-likeness (QED) is 0.348. The minimum absolute atomic E-state index is 0.0208. The molecule has 1 rings (SSSR count). The number of carboxylic acids is 1. The molecule has 19 heteroatoms. The van der Waals surface area contributed by atoms with E-state index in [0.717, 1.165) is 0 Å². The maximum Gasteiger partial charge on any atom is 0.320 e. The molecule has 1 aliphatic heterocycles. The zero-order valence-electron chi connectivity index (χ0n) is 14.8. The van der Waals surface area contributed by atoms with Gasteiger partial charge in [0.1, 0.15) is 6.04 Å². The highest BCUT2D eigenvalue weighted by molar-refractivity contribution is 5.73. The van der Waals surface area contributed by atoms with Gasteiger partial charge in [-0.3, -0.25) is 4.79 Å². The molecular formula is C9H19N9O10. The Kier molecular flexibility index (Phi) is 9.00. The topological polar surface area (TPSA) is 249 Å². The van der Waals surface area contributed by atoms with Gasteiger partial charge in [-0.2, -0.15) is 0 Å². The number of hydrogen-bond acceptors (Lipinski definition) is 10. The van der Waals surface area contributed by atoms with Gasteiger partial charge in [0.15, 0.2) is 20.1 Å². The molecule has 1 aliphatic rings. The normalized spacial score (nSPS) is 15.7. The largest absolute Gasteiger partial charge is 0.480 e. The minimum Gasteiger partial charge on any atom is -0.480 e. The number of hydrogen-bond donors (Lipinski definition) is 2. The lowest BCUT2D eigenvalue weighted by Crippen LogP contribution is -2.59. The molecule has 0 saturated carbocycles. The van der Waals surface area contributed by atoms with E-state index in [2.05, 4.69) is 0 Å². The highest BCUT2D eigenvalue weighted by atomic mass is 16.7. The van der Waals surface area contributed by atoms with E-state index in [-0.39, 0.29) is 26.0 Å². The predicted octanol–water partition coefficient (Wildman–Crippen LogP) is -2.14. The van der Waals surface area contributed by atoms with E-state index in [1.807, 2.05) is 0 Å². The zero-order chi connectivity index (χ0) is 22.2. The van der Waals surface area contributed by atoms with Crippen LogP contribution < -0.4 is 5.73 Å². The van der Waals surface area contributed by atoms with Gasteiger partial charge in [-0.1, -0.05) is 33.9 Å². The molecule has 0 aromatic rings. The molecule has 0 unspecified atom stereocenters. The zero-order valence-corrected chi connectivity index (χ0v) is 14.8. The lowest BCUT2D eigenvalue weighted by atomic mass is 10.1. The van der Waals surface area contributed by atoms with E-state index < -0.39 is 58.8 Å². The Labute approximate surface area is 155 Å². The molecule has 0 aromatic carbocycles. The summed E-state index contributed by atoms with van der Waals surface area (Å²) in [6.07, 6.45) is 0. The van der Waals surface area contributed by atoms with Crippen molar-refractivity contribution in [3.63, 3.8) is 0 Å². The second-order valence-electron chi connectivity index (χ2n) is 5.65. The maximum atomic E-state index is 10.7. The fourth-order valence-electron chi connectivity index (χ4n) is 1.63. The van der Waals surface area contributed by atoms with Crippen molar-refractivity contribution in [3.8, 4) is 0 Å². The lowest BCUT2D eigenvalue weighted by Gasteiger charge is -2.27. The van der Waals surface area contributed by atoms with Gasteiger partial charge in [-0.25, -0.2) is 40.5 Å². The van der Waals surface area contributed by atoms with Crippen LogP contribution >= 0.6 is 0 Å². The van der Waals surface area contributed by atoms with Crippen molar-refractivity contribution in [3.05, 3.63) is 40.5 Å². The number of aliphatic carboxylic acids is 1. The molecule has 0 spiro atoms. The van der Waals surface area contributed by atoms with Crippen molar-refractivity contribution >= 4 is 5.97 Å². The number of carbonyl (C=O) groups is 1. The number of carboxylic acid groups (broad SMARTS) is 1. The van der Waals surface area contributed by atoms with Crippen molar-refractivity contribution in [2.45, 2.75) is 19.9 Å². The number of nitrogens with zero attached hydrogens (tertiary/aromatic N) is 8. The van der Waals surface area contributed by atoms with Crippen LogP contribution in [0.3, 0.4) is 0 Å². The van der Waals surface area contributed by atoms with E-state index in [0.29, 0.717) is 0 Å². The highest BCUT2D eigenvalue weighted by Crippen LogP contribution is 2.07. The number of hydrazine groups is 4. The van der Waals surface area contributed by atoms with Gasteiger partial charge in [-0.05, 0) is 5.92 Å². The maximum absolute atomic E-state index is 10.7. The van der Waals surface area contributed by atoms with Crippen molar-refractivity contribution in [2.24, 2.45) is 11.7 Å². The molecule has 0 aliphatic carbocycles. The third kappa shape index (κ3) is 7.63. The molecule has 19 nitrogen and oxygen atoms in total. The van der Waals surface area contributed by atoms with Gasteiger partial charge in [0.2, 0.25) is 26.7 Å². The summed E-state index contributed by atoms with van der Waals surface area (Å²) in [5, 5.41) is 47.4. The molecular weight excluding hydrogens is 394 g/mol. The Morgan fingerprint density at radius 3 is 1.07 bits per heavy atom. The van der Waals surface area contributed by atoms with Gasteiger partial charge >= 0.3 is 5.97 Å². The first-order chi connectivity index (χ1) is 12.8. The van der Waals surface area contributed by atoms with Gasteiger partial charge < -0.3 is 10.8 Å². The fraction of sp³-hybridized carbons (Fsp3) is 0.889. The summed E-state index contributed by atoms with van der Waals surface area (Å²) in [6.45, 7) is -0.246. The minimum atomic E-state index is -1.06. The Hall–Kier alpha value is -3.77. The second kappa shape index (κ2) is 10.4. The van der Waals surface area contributed by atoms with Gasteiger partial charge in [-0.15, -0.1) is 0 Å². The third-order valence-corrected chi connectivity index (χ3v) is 3.23. The van der Waals surface area contributed by atoms with Crippen LogP contribution in [0.25, 0.3) is 0 Å². The van der Waals surface area contributed by atoms with Gasteiger partial charge in [0, 0.05) is 0 Å². The van der Waals surface area contributed by atoms with Gasteiger partial charge in [0.25, 0.3) is 0 Å². The molecule has 0 radical (unpaired) electrons. The van der Waals surface area contributed by atoms with E-state index in [1.165, 1.54) is 0 Å². The van der Waals surface area contributed by atoms with Gasteiger partial charge in [0.05, 0.1) is 0 Å². The monoisotopic (exact) mass is 413 g/mol.